The lowest BCUT2D eigenvalue weighted by atomic mass is 10.0. The molecule has 3 aromatic rings. The van der Waals surface area contributed by atoms with Crippen molar-refractivity contribution in [1.29, 1.82) is 0 Å². The molecule has 0 saturated carbocycles. The van der Waals surface area contributed by atoms with Crippen LogP contribution in [0.2, 0.25) is 10.0 Å². The van der Waals surface area contributed by atoms with E-state index in [1.54, 1.807) is 42.3 Å². The first-order valence-electron chi connectivity index (χ1n) is 13.6. The molecule has 3 N–H and O–H groups in total. The molecular weight excluding hydrogens is 635 g/mol. The molecule has 1 fully saturated rings. The van der Waals surface area contributed by atoms with Crippen LogP contribution in [0.4, 0.5) is 0 Å². The minimum atomic E-state index is -1.08. The van der Waals surface area contributed by atoms with E-state index in [9.17, 15) is 19.5 Å². The molecule has 0 bridgehead atoms. The van der Waals surface area contributed by atoms with Gasteiger partial charge in [-0.15, -0.1) is 11.8 Å². The van der Waals surface area contributed by atoms with E-state index in [0.717, 1.165) is 0 Å². The zero-order valence-corrected chi connectivity index (χ0v) is 26.0. The third-order valence-electron chi connectivity index (χ3n) is 6.95. The van der Waals surface area contributed by atoms with Crippen LogP contribution >= 0.6 is 35.0 Å². The molecule has 5 rings (SSSR count). The summed E-state index contributed by atoms with van der Waals surface area (Å²) in [4.78, 5) is 46.5. The summed E-state index contributed by atoms with van der Waals surface area (Å²) in [5.74, 6) is -0.351. The number of methoxy groups -OCH3 is 1. The summed E-state index contributed by atoms with van der Waals surface area (Å²) in [7, 11) is 1.59. The van der Waals surface area contributed by atoms with Gasteiger partial charge in [0.15, 0.2) is 0 Å². The first kappa shape index (κ1) is 32.1. The second kappa shape index (κ2) is 14.6. The number of aliphatic carboxylic acids is 1. The summed E-state index contributed by atoms with van der Waals surface area (Å²) in [5, 5.41) is 13.9. The van der Waals surface area contributed by atoms with E-state index in [4.69, 9.17) is 42.1 Å². The number of rotatable bonds is 14. The Balaban J connectivity index is 1.23. The van der Waals surface area contributed by atoms with E-state index in [1.165, 1.54) is 17.8 Å². The Morgan fingerprint density at radius 2 is 1.86 bits per heavy atom. The molecule has 3 heterocycles. The normalized spacial score (nSPS) is 17.8. The minimum absolute atomic E-state index is 0.0166. The highest BCUT2D eigenvalue weighted by molar-refractivity contribution is 8.00. The molecule has 44 heavy (non-hydrogen) atoms. The van der Waals surface area contributed by atoms with Crippen LogP contribution in [-0.4, -0.2) is 102 Å². The molecule has 2 unspecified atom stereocenters. The van der Waals surface area contributed by atoms with Crippen molar-refractivity contribution in [1.82, 2.24) is 20.2 Å². The lowest BCUT2D eigenvalue weighted by molar-refractivity contribution is -0.135. The summed E-state index contributed by atoms with van der Waals surface area (Å²) in [5.41, 5.74) is 1.24. The average Bonchev–Trinajstić information content (AvgIpc) is 2.98. The molecule has 0 aliphatic carbocycles. The van der Waals surface area contributed by atoms with Crippen LogP contribution in [0.3, 0.4) is 0 Å². The number of amides is 1. The Morgan fingerprint density at radius 3 is 2.66 bits per heavy atom. The number of carboxylic acids is 1. The van der Waals surface area contributed by atoms with Gasteiger partial charge in [-0.1, -0.05) is 23.2 Å². The Kier molecular flexibility index (Phi) is 10.7. The van der Waals surface area contributed by atoms with Crippen LogP contribution in [0.15, 0.2) is 52.5 Å². The van der Waals surface area contributed by atoms with Crippen molar-refractivity contribution in [2.75, 3.05) is 59.0 Å². The summed E-state index contributed by atoms with van der Waals surface area (Å²) >= 11 is 13.8. The summed E-state index contributed by atoms with van der Waals surface area (Å²) in [6, 6.07) is 9.51. The van der Waals surface area contributed by atoms with Crippen molar-refractivity contribution in [2.24, 2.45) is 0 Å². The number of nitrogens with one attached hydrogen (secondary N) is 2. The Hall–Kier alpha value is -3.33. The number of benzene rings is 2. The maximum absolute atomic E-state index is 12.8. The maximum Gasteiger partial charge on any atom is 0.352 e. The van der Waals surface area contributed by atoms with Gasteiger partial charge in [0.2, 0.25) is 5.91 Å². The predicted octanol–water partition coefficient (Wildman–Crippen LogP) is 3.17. The molecular formula is C29H30Cl2N4O8S. The Labute approximate surface area is 266 Å². The average molecular weight is 666 g/mol. The van der Waals surface area contributed by atoms with Crippen molar-refractivity contribution in [2.45, 2.75) is 11.4 Å². The molecule has 234 valence electrons. The lowest BCUT2D eigenvalue weighted by Crippen LogP contribution is -2.67. The lowest BCUT2D eigenvalue weighted by Gasteiger charge is -2.51. The summed E-state index contributed by atoms with van der Waals surface area (Å²) < 4.78 is 21.7. The van der Waals surface area contributed by atoms with Crippen LogP contribution < -0.4 is 15.6 Å². The van der Waals surface area contributed by atoms with Crippen LogP contribution in [0.1, 0.15) is 0 Å². The van der Waals surface area contributed by atoms with E-state index < -0.39 is 5.97 Å². The summed E-state index contributed by atoms with van der Waals surface area (Å²) in [6.07, 6.45) is 0. The predicted molar refractivity (Wildman–Crippen MR) is 166 cm³/mol. The zero-order valence-electron chi connectivity index (χ0n) is 23.6. The number of H-pyrrole nitrogens is 1. The molecule has 0 spiro atoms. The highest BCUT2D eigenvalue weighted by Gasteiger charge is 2.46. The van der Waals surface area contributed by atoms with Gasteiger partial charge in [-0.3, -0.25) is 9.59 Å². The van der Waals surface area contributed by atoms with Gasteiger partial charge >= 0.3 is 5.97 Å². The molecule has 1 amide bonds. The third kappa shape index (κ3) is 7.48. The number of aromatic amines is 1. The van der Waals surface area contributed by atoms with Gasteiger partial charge in [0.05, 0.1) is 54.3 Å². The molecule has 0 radical (unpaired) electrons. The number of hydrogen-bond donors (Lipinski definition) is 3. The number of fused-ring (bicyclic) bond motifs is 2. The number of hydrogen-bond acceptors (Lipinski definition) is 10. The topological polar surface area (TPSA) is 152 Å². The number of nitrogens with zero attached hydrogens (tertiary/aromatic N) is 2. The van der Waals surface area contributed by atoms with Gasteiger partial charge in [0, 0.05) is 35.0 Å². The molecule has 12 nitrogen and oxygen atoms in total. The van der Waals surface area contributed by atoms with Crippen molar-refractivity contribution >= 4 is 57.7 Å². The quantitative estimate of drug-likeness (QED) is 0.218. The first-order chi connectivity index (χ1) is 21.2. The van der Waals surface area contributed by atoms with Gasteiger partial charge < -0.3 is 39.3 Å². The first-order valence-corrected chi connectivity index (χ1v) is 15.4. The van der Waals surface area contributed by atoms with Crippen molar-refractivity contribution in [3.05, 3.63) is 68.1 Å². The van der Waals surface area contributed by atoms with Crippen LogP contribution in [0.5, 0.6) is 5.75 Å². The standard InChI is InChI=1S/C29H30Cl2N4O8S/c1-40-6-7-41-8-9-42-14-24(36)32-22-12-35-25(29(38)39)16(15-44-28(22)35)13-43-23-5-3-18(31)11-20(23)26-33-21-4-2-17(30)10-19(21)27(37)34-26/h2-5,10-11,22,28H,6-9,12-15H2,1H3,(H,32,36)(H,38,39)(H,33,34,37). The van der Waals surface area contributed by atoms with E-state index in [-0.39, 0.29) is 54.2 Å². The molecule has 2 aliphatic rings. The Bertz CT molecular complexity index is 1630. The fourth-order valence-corrected chi connectivity index (χ4v) is 6.55. The third-order valence-corrected chi connectivity index (χ3v) is 8.86. The zero-order chi connectivity index (χ0) is 31.2. The molecule has 15 heteroatoms. The van der Waals surface area contributed by atoms with Crippen molar-refractivity contribution in [3.8, 4) is 17.1 Å². The van der Waals surface area contributed by atoms with Crippen molar-refractivity contribution in [3.63, 3.8) is 0 Å². The number of carbonyl (C=O) groups excluding carboxylic acids is 1. The van der Waals surface area contributed by atoms with E-state index in [2.05, 4.69) is 15.3 Å². The summed E-state index contributed by atoms with van der Waals surface area (Å²) in [6.45, 7) is 1.78. The number of carbonyl (C=O) groups is 2. The highest BCUT2D eigenvalue weighted by atomic mass is 35.5. The van der Waals surface area contributed by atoms with Crippen LogP contribution in [0, 0.1) is 0 Å². The highest BCUT2D eigenvalue weighted by Crippen LogP contribution is 2.40. The number of thioether (sulfide) groups is 1. The fourth-order valence-electron chi connectivity index (χ4n) is 4.86. The second-order valence-corrected chi connectivity index (χ2v) is 11.9. The largest absolute Gasteiger partial charge is 0.488 e. The number of aromatic nitrogens is 2. The minimum Gasteiger partial charge on any atom is -0.488 e. The number of ether oxygens (including phenoxy) is 4. The molecule has 1 aromatic heterocycles. The van der Waals surface area contributed by atoms with E-state index >= 15 is 0 Å². The fraction of sp³-hybridized carbons (Fsp3) is 0.379. The van der Waals surface area contributed by atoms with Gasteiger partial charge in [-0.2, -0.15) is 0 Å². The van der Waals surface area contributed by atoms with Crippen LogP contribution in [0.25, 0.3) is 22.3 Å². The molecule has 2 aliphatic heterocycles. The monoisotopic (exact) mass is 664 g/mol. The second-order valence-electron chi connectivity index (χ2n) is 9.95. The smallest absolute Gasteiger partial charge is 0.352 e. The van der Waals surface area contributed by atoms with Gasteiger partial charge in [-0.25, -0.2) is 9.78 Å². The van der Waals surface area contributed by atoms with E-state index in [1.807, 2.05) is 0 Å². The van der Waals surface area contributed by atoms with Gasteiger partial charge in [0.1, 0.15) is 30.5 Å². The number of carboxylic acid groups (broad SMARTS) is 1. The molecule has 2 atom stereocenters. The van der Waals surface area contributed by atoms with E-state index in [0.29, 0.717) is 70.0 Å². The maximum atomic E-state index is 12.8. The van der Waals surface area contributed by atoms with Gasteiger partial charge in [-0.05, 0) is 36.4 Å². The molecule has 1 saturated heterocycles. The molecule has 2 aromatic carbocycles. The van der Waals surface area contributed by atoms with Crippen LogP contribution in [-0.2, 0) is 23.8 Å². The SMILES string of the molecule is COCCOCCOCC(=O)NC1CN2C(C(=O)O)=C(COc3ccc(Cl)cc3-c3nc4ccc(Cl)cc4c(=O)[nH]3)CSC12. The Morgan fingerprint density at radius 1 is 1.11 bits per heavy atom. The number of halogens is 2. The van der Waals surface area contributed by atoms with Gasteiger partial charge in [0.25, 0.3) is 5.56 Å². The van der Waals surface area contributed by atoms with Crippen molar-refractivity contribution < 1.29 is 33.6 Å².